The number of aromatic nitrogens is 4. The molecule has 3 aliphatic heterocycles. The molecular weight excluding hydrogens is 1790 g/mol. The van der Waals surface area contributed by atoms with E-state index in [-0.39, 0.29) is 23.3 Å². The number of amides is 1. The van der Waals surface area contributed by atoms with Gasteiger partial charge in [-0.3, -0.25) is 14.7 Å². The van der Waals surface area contributed by atoms with Crippen LogP contribution in [-0.2, 0) is 33.9 Å². The van der Waals surface area contributed by atoms with E-state index in [1.165, 1.54) is 80.5 Å². The number of aromatic amines is 2. The number of aryl methyl sites for hydroxylation is 4. The van der Waals surface area contributed by atoms with Crippen molar-refractivity contribution in [3.63, 3.8) is 0 Å². The zero-order chi connectivity index (χ0) is 97.3. The van der Waals surface area contributed by atoms with E-state index in [2.05, 4.69) is 283 Å². The Morgan fingerprint density at radius 1 is 0.439 bits per heavy atom. The lowest BCUT2D eigenvalue weighted by molar-refractivity contribution is -0.113. The average Bonchev–Trinajstić information content (AvgIpc) is 1.38. The number of rotatable bonds is 18. The van der Waals surface area contributed by atoms with Gasteiger partial charge < -0.3 is 15.3 Å². The van der Waals surface area contributed by atoms with Crippen LogP contribution in [0, 0.1) is 19.3 Å². The van der Waals surface area contributed by atoms with Gasteiger partial charge in [-0.15, -0.1) is 0 Å². The number of carbonyl (C=O) groups is 1. The third-order valence-corrected chi connectivity index (χ3v) is 43.6. The van der Waals surface area contributed by atoms with Crippen LogP contribution in [-0.4, -0.2) is 44.3 Å². The lowest BCUT2D eigenvalue weighted by atomic mass is 9.47. The maximum atomic E-state index is 16.4. The van der Waals surface area contributed by atoms with Gasteiger partial charge in [-0.25, -0.2) is 4.98 Å². The van der Waals surface area contributed by atoms with Crippen molar-refractivity contribution in [2.24, 2.45) is 5.41 Å². The Morgan fingerprint density at radius 3 is 1.27 bits per heavy atom. The van der Waals surface area contributed by atoms with Crippen LogP contribution in [0.25, 0.3) is 347 Å². The zero-order valence-electron chi connectivity index (χ0n) is 85.5. The number of nitrogens with one attached hydrogen (secondary N) is 3. The molecule has 3 atom stereocenters. The smallest absolute Gasteiger partial charge is 0.252 e. The number of likely N-dealkylation sites (N-methyl/N-ethyl adjacent to an activating group) is 1. The van der Waals surface area contributed by atoms with Gasteiger partial charge in [0.1, 0.15) is 0 Å². The minimum absolute atomic E-state index is 0.0695. The van der Waals surface area contributed by atoms with Crippen LogP contribution in [0.15, 0.2) is 179 Å². The zero-order valence-corrected chi connectivity index (χ0v) is 85.5. The molecule has 2 spiro atoms. The Bertz CT molecular complexity index is 12100. The molecule has 6 heterocycles. The van der Waals surface area contributed by atoms with E-state index in [1.807, 2.05) is 0 Å². The number of likely N-dealkylation sites (tertiary alicyclic amines) is 1. The Kier molecular flexibility index (Phi) is 11.8. The summed E-state index contributed by atoms with van der Waals surface area (Å²) in [5.74, 6) is -0.340. The highest BCUT2D eigenvalue weighted by molar-refractivity contribution is 6.82. The van der Waals surface area contributed by atoms with Crippen molar-refractivity contribution in [3.05, 3.63) is 263 Å². The number of H-pyrrole nitrogens is 2. The van der Waals surface area contributed by atoms with Gasteiger partial charge in [0.25, 0.3) is 5.91 Å². The van der Waals surface area contributed by atoms with Gasteiger partial charge in [-0.05, 0) is 519 Å². The van der Waals surface area contributed by atoms with Crippen LogP contribution in [0.3, 0.4) is 0 Å². The molecule has 694 valence electrons. The number of allylic oxidation sites excluding steroid dienone is 21. The Hall–Kier alpha value is -15.7. The van der Waals surface area contributed by atoms with Crippen molar-refractivity contribution < 1.29 is 4.79 Å². The van der Waals surface area contributed by atoms with Crippen LogP contribution < -0.4 is 5.32 Å². The van der Waals surface area contributed by atoms with Crippen LogP contribution >= 0.6 is 0 Å². The van der Waals surface area contributed by atoms with E-state index in [9.17, 15) is 0 Å². The Balaban J connectivity index is 0.488. The van der Waals surface area contributed by atoms with Crippen molar-refractivity contribution in [3.8, 4) is 11.1 Å². The van der Waals surface area contributed by atoms with Gasteiger partial charge >= 0.3 is 0 Å². The van der Waals surface area contributed by atoms with Crippen LogP contribution in [0.1, 0.15) is 218 Å². The molecule has 30 aromatic carbocycles. The quantitative estimate of drug-likeness (QED) is 0.0590. The van der Waals surface area contributed by atoms with Gasteiger partial charge in [-0.1, -0.05) is 191 Å². The summed E-state index contributed by atoms with van der Waals surface area (Å²) in [7, 11) is 2.61. The second-order valence-corrected chi connectivity index (χ2v) is 49.5. The SMILES string of the molecule is CCC1=C(C)c2cc3[nH]c(c(CC)c3C)c(-c3ccc(C4N(C)CC56c7c8c9c%10c%11c%12c(c%13c%14c5c5c7c7c%15c8c8c9c9c%11c%11c%16c%12c%12c%13c%13c%14c%14c5c5c7c7c%15c%15c8c8c9c%11c9c%11c%16c%12c%12c%13c%13c%14c5c5c7c7c%15c8c9c8c%11c%12c%13c5c78)C%1046)cc3)c3nc4c(c5[nH]c(cc1n2)c(CC)c5C)C=C(C(=O)Nc1ccc(/C=C/C(C)=C/C=C/C(C)=C/C=C/C=C(C)/C=C/C=C(C)/C=C/C2=C(C)CCCC2(C)C)cc1)C4(C)C3CC. The molecule has 3 N–H and O–H groups in total. The maximum Gasteiger partial charge on any atom is 0.252 e. The topological polar surface area (TPSA) is 89.7 Å². The monoisotopic (exact) mass is 1890 g/mol. The fourth-order valence-corrected chi connectivity index (χ4v) is 39.1. The van der Waals surface area contributed by atoms with Crippen molar-refractivity contribution in [1.29, 1.82) is 0 Å². The summed E-state index contributed by atoms with van der Waals surface area (Å²) in [5.41, 5.74) is 35.7. The summed E-state index contributed by atoms with van der Waals surface area (Å²) >= 11 is 0. The van der Waals surface area contributed by atoms with Crippen LogP contribution in [0.2, 0.25) is 0 Å². The predicted molar refractivity (Wildman–Crippen MR) is 631 cm³/mol. The molecule has 1 saturated heterocycles. The fraction of sp³-hybridized carbons (Fsp3) is 0.213. The Morgan fingerprint density at radius 2 is 0.845 bits per heavy atom. The molecule has 33 aromatic rings. The normalized spacial score (nSPS) is 21.7. The first-order chi connectivity index (χ1) is 72.2. The minimum atomic E-state index is -0.862. The van der Waals surface area contributed by atoms with Crippen molar-refractivity contribution in [1.82, 2.24) is 24.8 Å². The van der Waals surface area contributed by atoms with Crippen molar-refractivity contribution in [2.75, 3.05) is 18.9 Å². The molecule has 7 heteroatoms. The van der Waals surface area contributed by atoms with E-state index < -0.39 is 16.2 Å². The average molecular weight is 1890 g/mol. The molecule has 0 radical (unpaired) electrons. The molecule has 1 amide bonds. The second kappa shape index (κ2) is 22.7. The lowest BCUT2D eigenvalue weighted by Crippen LogP contribution is -2.51. The van der Waals surface area contributed by atoms with E-state index in [1.54, 1.807) is 313 Å². The number of benzene rings is 20. The molecule has 6 aliphatic carbocycles. The number of hydrogen-bond acceptors (Lipinski definition) is 4. The molecule has 3 aromatic heterocycles. The molecule has 9 aliphatic rings. The summed E-state index contributed by atoms with van der Waals surface area (Å²) in [4.78, 5) is 39.9. The van der Waals surface area contributed by atoms with E-state index in [0.717, 1.165) is 122 Å². The van der Waals surface area contributed by atoms with E-state index >= 15 is 4.79 Å². The molecule has 3 unspecified atom stereocenters. The molecular formula is C141H94N6O. The maximum absolute atomic E-state index is 16.4. The lowest BCUT2D eigenvalue weighted by Gasteiger charge is -2.52. The molecule has 1 fully saturated rings. The first kappa shape index (κ1) is 76.9. The standard InChI is InChI=1S/C141H94N6O/c1-17-62-55(10)69-47-70-56(11)64(19-3)133(144-70)73(134-66(20-4)139(15)68(46-65(135(139)146-134)132-57(12)63(18-2)72(145-132)48-71(62)143-69)137(148)142-61-42-36-58(37-43-61)35-33-52(7)30-23-28-50(5)26-21-22-27-51(6)29-24-31-53(8)34-44-67-54(9)32-25-45-138(67,13)14)59-38-40-60(41-39-59)136-141-130-124-118-108-96-88-80-76-74-75-78-82(80)90(96)100-94-86(78)87-79(75)83-81-77(74)85-84(76)92-98(88)106-112-102(92)103-93(85)99-89(81)97-91(83)101-95(87)105-104(94)116(110(100)118)126(130)127-117(105)111(101)119-109(97)115-107(99)113(103)121-120(112)128(122(124)114(106)108)140(141,49-147(136)16)129(121)123(115)125(119)131(127)141/h21-24,26-31,33-44,46-48,66,136,144-145H,17-20,25,32,45,49H2,1-16H3,(H,142,148)/b22-21+,28-23+,29-24+,35-33+,44-34+,50-26+,51-27+,52-30+,53-31+,69-47?,70-47?,71-48?,72-48?,132-65?,133-73?,134-73?. The second-order valence-electron chi connectivity index (χ2n) is 49.5. The summed E-state index contributed by atoms with van der Waals surface area (Å²) in [6, 6.07) is 23.4. The van der Waals surface area contributed by atoms with Crippen LogP contribution in [0.4, 0.5) is 5.69 Å². The highest BCUT2D eigenvalue weighted by atomic mass is 16.1. The van der Waals surface area contributed by atoms with Gasteiger partial charge in [0.05, 0.1) is 44.6 Å². The third-order valence-electron chi connectivity index (χ3n) is 43.6. The highest BCUT2D eigenvalue weighted by Gasteiger charge is 2.76. The molecule has 42 rings (SSSR count). The highest BCUT2D eigenvalue weighted by Crippen LogP contribution is 2.88. The summed E-state index contributed by atoms with van der Waals surface area (Å²) < 4.78 is 0. The predicted octanol–water partition coefficient (Wildman–Crippen LogP) is 37.4. The van der Waals surface area contributed by atoms with E-state index in [0.29, 0.717) is 0 Å². The Labute approximate surface area is 846 Å². The first-order valence-electron chi connectivity index (χ1n) is 55.1. The van der Waals surface area contributed by atoms with Crippen LogP contribution in [0.5, 0.6) is 0 Å². The van der Waals surface area contributed by atoms with Gasteiger partial charge in [0.2, 0.25) is 0 Å². The number of fused-ring (bicyclic) bond motifs is 8. The number of carbonyl (C=O) groups excluding carboxylic acids is 1. The molecule has 7 nitrogen and oxygen atoms in total. The largest absolute Gasteiger partial charge is 0.354 e. The molecule has 0 saturated carbocycles. The van der Waals surface area contributed by atoms with E-state index in [4.69, 9.17) is 9.97 Å². The van der Waals surface area contributed by atoms with Gasteiger partial charge in [0, 0.05) is 57.3 Å². The number of nitrogens with zero attached hydrogens (tertiary/aromatic N) is 3. The fourth-order valence-electron chi connectivity index (χ4n) is 39.1. The number of anilines is 1. The first-order valence-corrected chi connectivity index (χ1v) is 55.1. The summed E-state index contributed by atoms with van der Waals surface area (Å²) in [5, 5.41) is 91.4. The summed E-state index contributed by atoms with van der Waals surface area (Å²) in [6.07, 6.45) is 39.6. The third kappa shape index (κ3) is 6.85. The van der Waals surface area contributed by atoms with Gasteiger partial charge in [0.15, 0.2) is 0 Å². The summed E-state index contributed by atoms with van der Waals surface area (Å²) in [6.45, 7) is 35.1. The molecule has 148 heavy (non-hydrogen) atoms. The number of hydrogen-bond donors (Lipinski definition) is 3. The molecule has 8 bridgehead atoms. The van der Waals surface area contributed by atoms with Crippen molar-refractivity contribution in [2.45, 2.75) is 177 Å². The van der Waals surface area contributed by atoms with Gasteiger partial charge in [-0.2, -0.15) is 0 Å². The van der Waals surface area contributed by atoms with Crippen molar-refractivity contribution >= 4 is 348 Å². The minimum Gasteiger partial charge on any atom is -0.354 e.